The van der Waals surface area contributed by atoms with Gasteiger partial charge in [-0.05, 0) is 24.6 Å². The minimum atomic E-state index is -4.17. The first kappa shape index (κ1) is 12.9. The van der Waals surface area contributed by atoms with Gasteiger partial charge >= 0.3 is 6.18 Å². The zero-order valence-corrected chi connectivity index (χ0v) is 10.2. The van der Waals surface area contributed by atoms with Gasteiger partial charge in [0.15, 0.2) is 0 Å². The SMILES string of the molecule is Cc1nc2cc(CNCC(F)(F)F)ccc2n1C. The lowest BCUT2D eigenvalue weighted by Crippen LogP contribution is -2.28. The Bertz CT molecular complexity index is 557. The quantitative estimate of drug-likeness (QED) is 0.915. The van der Waals surface area contributed by atoms with Crippen molar-refractivity contribution in [3.05, 3.63) is 29.6 Å². The van der Waals surface area contributed by atoms with Crippen LogP contribution in [0.5, 0.6) is 0 Å². The average molecular weight is 257 g/mol. The zero-order valence-electron chi connectivity index (χ0n) is 10.2. The lowest BCUT2D eigenvalue weighted by molar-refractivity contribution is -0.125. The number of aryl methyl sites for hydroxylation is 2. The highest BCUT2D eigenvalue weighted by molar-refractivity contribution is 5.76. The Balaban J connectivity index is 2.11. The van der Waals surface area contributed by atoms with Crippen LogP contribution in [0.15, 0.2) is 18.2 Å². The van der Waals surface area contributed by atoms with Crippen molar-refractivity contribution in [2.45, 2.75) is 19.6 Å². The summed E-state index contributed by atoms with van der Waals surface area (Å²) in [5, 5.41) is 2.37. The maximum Gasteiger partial charge on any atom is 0.401 e. The fourth-order valence-electron chi connectivity index (χ4n) is 1.82. The van der Waals surface area contributed by atoms with Gasteiger partial charge in [0.25, 0.3) is 0 Å². The van der Waals surface area contributed by atoms with E-state index in [-0.39, 0.29) is 6.54 Å². The number of benzene rings is 1. The largest absolute Gasteiger partial charge is 0.401 e. The van der Waals surface area contributed by atoms with Gasteiger partial charge in [-0.3, -0.25) is 0 Å². The van der Waals surface area contributed by atoms with Gasteiger partial charge < -0.3 is 9.88 Å². The van der Waals surface area contributed by atoms with Crippen molar-refractivity contribution in [1.29, 1.82) is 0 Å². The average Bonchev–Trinajstić information content (AvgIpc) is 2.53. The molecule has 0 atom stereocenters. The van der Waals surface area contributed by atoms with Crippen molar-refractivity contribution in [1.82, 2.24) is 14.9 Å². The van der Waals surface area contributed by atoms with E-state index in [4.69, 9.17) is 0 Å². The van der Waals surface area contributed by atoms with E-state index in [2.05, 4.69) is 10.3 Å². The minimum Gasteiger partial charge on any atom is -0.331 e. The summed E-state index contributed by atoms with van der Waals surface area (Å²) in [7, 11) is 1.91. The second-order valence-electron chi connectivity index (χ2n) is 4.26. The highest BCUT2D eigenvalue weighted by Gasteiger charge is 2.26. The standard InChI is InChI=1S/C12H14F3N3/c1-8-17-10-5-9(3-4-11(10)18(8)2)6-16-7-12(13,14)15/h3-5,16H,6-7H2,1-2H3. The van der Waals surface area contributed by atoms with E-state index in [1.165, 1.54) is 0 Å². The molecule has 1 aromatic heterocycles. The molecule has 0 aliphatic carbocycles. The molecule has 3 nitrogen and oxygen atoms in total. The van der Waals surface area contributed by atoms with Crippen LogP contribution in [-0.4, -0.2) is 22.3 Å². The molecule has 0 spiro atoms. The lowest BCUT2D eigenvalue weighted by Gasteiger charge is -2.08. The van der Waals surface area contributed by atoms with Crippen LogP contribution in [-0.2, 0) is 13.6 Å². The summed E-state index contributed by atoms with van der Waals surface area (Å²) < 4.78 is 37.9. The van der Waals surface area contributed by atoms with Gasteiger partial charge in [0, 0.05) is 13.6 Å². The summed E-state index contributed by atoms with van der Waals surface area (Å²) in [4.78, 5) is 4.34. The number of fused-ring (bicyclic) bond motifs is 1. The molecule has 0 aliphatic heterocycles. The number of rotatable bonds is 3. The number of nitrogens with zero attached hydrogens (tertiary/aromatic N) is 2. The van der Waals surface area contributed by atoms with E-state index in [1.807, 2.05) is 36.7 Å². The first-order valence-corrected chi connectivity index (χ1v) is 5.56. The van der Waals surface area contributed by atoms with Crippen LogP contribution in [0.2, 0.25) is 0 Å². The normalized spacial score (nSPS) is 12.3. The number of aromatic nitrogens is 2. The second-order valence-corrected chi connectivity index (χ2v) is 4.26. The molecular weight excluding hydrogens is 243 g/mol. The molecule has 0 amide bonds. The van der Waals surface area contributed by atoms with Crippen molar-refractivity contribution >= 4 is 11.0 Å². The zero-order chi connectivity index (χ0) is 13.3. The highest BCUT2D eigenvalue weighted by atomic mass is 19.4. The summed E-state index contributed by atoms with van der Waals surface area (Å²) in [6.45, 7) is 1.10. The minimum absolute atomic E-state index is 0.186. The van der Waals surface area contributed by atoms with Crippen LogP contribution in [0.25, 0.3) is 11.0 Å². The molecule has 2 aromatic rings. The van der Waals surface area contributed by atoms with Crippen LogP contribution in [0.1, 0.15) is 11.4 Å². The predicted octanol–water partition coefficient (Wildman–Crippen LogP) is 2.53. The Labute approximate surface area is 103 Å². The molecule has 0 radical (unpaired) electrons. The molecule has 18 heavy (non-hydrogen) atoms. The van der Waals surface area contributed by atoms with E-state index in [1.54, 1.807) is 0 Å². The molecule has 1 aromatic carbocycles. The molecule has 0 bridgehead atoms. The monoisotopic (exact) mass is 257 g/mol. The van der Waals surface area contributed by atoms with Gasteiger partial charge in [-0.25, -0.2) is 4.98 Å². The van der Waals surface area contributed by atoms with Crippen molar-refractivity contribution in [2.75, 3.05) is 6.54 Å². The molecule has 1 heterocycles. The van der Waals surface area contributed by atoms with E-state index in [9.17, 15) is 13.2 Å². The van der Waals surface area contributed by atoms with Crippen LogP contribution in [0.4, 0.5) is 13.2 Å². The predicted molar refractivity (Wildman–Crippen MR) is 63.2 cm³/mol. The van der Waals surface area contributed by atoms with Crippen LogP contribution < -0.4 is 5.32 Å². The lowest BCUT2D eigenvalue weighted by atomic mass is 10.2. The van der Waals surface area contributed by atoms with E-state index >= 15 is 0 Å². The number of hydrogen-bond donors (Lipinski definition) is 1. The van der Waals surface area contributed by atoms with Gasteiger partial charge in [0.1, 0.15) is 5.82 Å². The maximum atomic E-state index is 12.0. The molecule has 0 saturated carbocycles. The number of alkyl halides is 3. The van der Waals surface area contributed by atoms with Gasteiger partial charge in [-0.1, -0.05) is 6.07 Å². The Morgan fingerprint density at radius 2 is 2.06 bits per heavy atom. The van der Waals surface area contributed by atoms with Crippen LogP contribution >= 0.6 is 0 Å². The summed E-state index contributed by atoms with van der Waals surface area (Å²) in [6.07, 6.45) is -4.17. The van der Waals surface area contributed by atoms with Crippen molar-refractivity contribution in [3.63, 3.8) is 0 Å². The fourth-order valence-corrected chi connectivity index (χ4v) is 1.82. The number of hydrogen-bond acceptors (Lipinski definition) is 2. The number of imidazole rings is 1. The van der Waals surface area contributed by atoms with Gasteiger partial charge in [0.2, 0.25) is 0 Å². The van der Waals surface area contributed by atoms with Crippen molar-refractivity contribution < 1.29 is 13.2 Å². The highest BCUT2D eigenvalue weighted by Crippen LogP contribution is 2.17. The van der Waals surface area contributed by atoms with Crippen LogP contribution in [0.3, 0.4) is 0 Å². The van der Waals surface area contributed by atoms with E-state index < -0.39 is 12.7 Å². The third-order valence-corrected chi connectivity index (χ3v) is 2.82. The first-order chi connectivity index (χ1) is 8.37. The maximum absolute atomic E-state index is 12.0. The smallest absolute Gasteiger partial charge is 0.331 e. The summed E-state index contributed by atoms with van der Waals surface area (Å²) in [5.74, 6) is 0.880. The third-order valence-electron chi connectivity index (χ3n) is 2.82. The number of nitrogens with one attached hydrogen (secondary N) is 1. The van der Waals surface area contributed by atoms with E-state index in [0.717, 1.165) is 22.4 Å². The molecule has 98 valence electrons. The Hall–Kier alpha value is -1.56. The summed E-state index contributed by atoms with van der Waals surface area (Å²) >= 11 is 0. The topological polar surface area (TPSA) is 29.9 Å². The van der Waals surface area contributed by atoms with Crippen molar-refractivity contribution in [2.24, 2.45) is 7.05 Å². The molecule has 0 fully saturated rings. The molecule has 0 saturated heterocycles. The van der Waals surface area contributed by atoms with E-state index in [0.29, 0.717) is 0 Å². The Morgan fingerprint density at radius 3 is 2.72 bits per heavy atom. The fraction of sp³-hybridized carbons (Fsp3) is 0.417. The summed E-state index contributed by atoms with van der Waals surface area (Å²) in [6, 6.07) is 5.50. The second kappa shape index (κ2) is 4.61. The molecule has 1 N–H and O–H groups in total. The molecule has 2 rings (SSSR count). The molecule has 0 aliphatic rings. The van der Waals surface area contributed by atoms with Gasteiger partial charge in [-0.2, -0.15) is 13.2 Å². The van der Waals surface area contributed by atoms with Crippen LogP contribution in [0, 0.1) is 6.92 Å². The Morgan fingerprint density at radius 1 is 1.33 bits per heavy atom. The van der Waals surface area contributed by atoms with Gasteiger partial charge in [-0.15, -0.1) is 0 Å². The molecule has 6 heteroatoms. The van der Waals surface area contributed by atoms with Crippen molar-refractivity contribution in [3.8, 4) is 0 Å². The summed E-state index contributed by atoms with van der Waals surface area (Å²) in [5.41, 5.74) is 2.58. The Kier molecular flexibility index (Phi) is 3.30. The molecule has 0 unspecified atom stereocenters. The first-order valence-electron chi connectivity index (χ1n) is 5.56. The van der Waals surface area contributed by atoms with Gasteiger partial charge in [0.05, 0.1) is 17.6 Å². The third kappa shape index (κ3) is 2.81. The molecular formula is C12H14F3N3. The number of halogens is 3.